The van der Waals surface area contributed by atoms with Crippen molar-refractivity contribution in [3.63, 3.8) is 0 Å². The summed E-state index contributed by atoms with van der Waals surface area (Å²) < 4.78 is 40.6. The van der Waals surface area contributed by atoms with E-state index in [0.29, 0.717) is 24.0 Å². The normalized spacial score (nSPS) is 18.6. The van der Waals surface area contributed by atoms with Gasteiger partial charge in [0, 0.05) is 38.4 Å². The van der Waals surface area contributed by atoms with Crippen molar-refractivity contribution in [1.82, 2.24) is 34.7 Å². The summed E-state index contributed by atoms with van der Waals surface area (Å²) in [7, 11) is 1.74. The Bertz CT molecular complexity index is 1220. The summed E-state index contributed by atoms with van der Waals surface area (Å²) in [5.74, 6) is -3.45. The third kappa shape index (κ3) is 4.87. The zero-order chi connectivity index (χ0) is 24.5. The highest BCUT2D eigenvalue weighted by atomic mass is 19.4. The Kier molecular flexibility index (Phi) is 6.26. The van der Waals surface area contributed by atoms with Crippen LogP contribution in [0, 0.1) is 0 Å². The second kappa shape index (κ2) is 9.15. The zero-order valence-corrected chi connectivity index (χ0v) is 18.1. The molecule has 1 aliphatic rings. The van der Waals surface area contributed by atoms with Gasteiger partial charge in [-0.3, -0.25) is 19.1 Å². The molecule has 2 N–H and O–H groups in total. The number of nitrogens with one attached hydrogen (secondary N) is 2. The standard InChI is InChI=1S/C21H22F3N7O3/c1-29-10-13(7-27-29)14-4-6-30(19(33)15-3-2-5-31-12-25-8-17(15)31)11-16(14)28-18(32)9-26-20(34)21(22,23)24/h2-3,5,7-8,10,12,14,16H,4,6,9,11H2,1H3,(H,26,34)(H,28,32)/t14-,16+/m0/s1. The number of fused-ring (bicyclic) bond motifs is 1. The van der Waals surface area contributed by atoms with Crippen LogP contribution in [-0.2, 0) is 16.6 Å². The second-order valence-corrected chi connectivity index (χ2v) is 8.06. The number of hydrogen-bond acceptors (Lipinski definition) is 5. The number of imidazole rings is 1. The minimum Gasteiger partial charge on any atom is -0.349 e. The number of amides is 3. The number of hydrogen-bond donors (Lipinski definition) is 2. The summed E-state index contributed by atoms with van der Waals surface area (Å²) >= 11 is 0. The molecule has 0 unspecified atom stereocenters. The zero-order valence-electron chi connectivity index (χ0n) is 18.1. The van der Waals surface area contributed by atoms with Gasteiger partial charge in [-0.05, 0) is 24.1 Å². The number of carbonyl (C=O) groups is 3. The number of piperidine rings is 1. The van der Waals surface area contributed by atoms with Crippen LogP contribution in [0.4, 0.5) is 13.2 Å². The lowest BCUT2D eigenvalue weighted by atomic mass is 9.86. The number of carbonyl (C=O) groups excluding carboxylic acids is 3. The van der Waals surface area contributed by atoms with Crippen molar-refractivity contribution in [2.75, 3.05) is 19.6 Å². The molecule has 1 aliphatic heterocycles. The van der Waals surface area contributed by atoms with Crippen LogP contribution < -0.4 is 10.6 Å². The van der Waals surface area contributed by atoms with Gasteiger partial charge in [-0.15, -0.1) is 0 Å². The molecular formula is C21H22F3N7O3. The Balaban J connectivity index is 1.51. The molecule has 0 aliphatic carbocycles. The van der Waals surface area contributed by atoms with Crippen LogP contribution in [0.25, 0.3) is 5.52 Å². The third-order valence-corrected chi connectivity index (χ3v) is 5.75. The van der Waals surface area contributed by atoms with E-state index in [0.717, 1.165) is 5.56 Å². The first-order chi connectivity index (χ1) is 16.1. The van der Waals surface area contributed by atoms with E-state index >= 15 is 0 Å². The summed E-state index contributed by atoms with van der Waals surface area (Å²) in [6.45, 7) is -0.297. The monoisotopic (exact) mass is 477 g/mol. The molecular weight excluding hydrogens is 455 g/mol. The lowest BCUT2D eigenvalue weighted by Gasteiger charge is -2.38. The number of halogens is 3. The van der Waals surface area contributed by atoms with Crippen LogP contribution in [0.3, 0.4) is 0 Å². The second-order valence-electron chi connectivity index (χ2n) is 8.06. The fourth-order valence-electron chi connectivity index (χ4n) is 4.13. The van der Waals surface area contributed by atoms with E-state index in [1.54, 1.807) is 69.6 Å². The van der Waals surface area contributed by atoms with E-state index in [4.69, 9.17) is 0 Å². The van der Waals surface area contributed by atoms with Crippen molar-refractivity contribution in [2.45, 2.75) is 24.6 Å². The van der Waals surface area contributed by atoms with E-state index in [1.807, 2.05) is 0 Å². The van der Waals surface area contributed by atoms with Gasteiger partial charge in [0.05, 0.1) is 42.4 Å². The van der Waals surface area contributed by atoms with Crippen LogP contribution in [0.15, 0.2) is 43.2 Å². The first kappa shape index (κ1) is 23.3. The summed E-state index contributed by atoms with van der Waals surface area (Å²) in [6.07, 6.45) is 3.80. The molecule has 1 fully saturated rings. The molecule has 4 rings (SSSR count). The highest BCUT2D eigenvalue weighted by molar-refractivity contribution is 6.00. The quantitative estimate of drug-likeness (QED) is 0.566. The highest BCUT2D eigenvalue weighted by Gasteiger charge is 2.39. The Morgan fingerprint density at radius 2 is 2.03 bits per heavy atom. The van der Waals surface area contributed by atoms with E-state index in [9.17, 15) is 27.6 Å². The lowest BCUT2D eigenvalue weighted by molar-refractivity contribution is -0.173. The van der Waals surface area contributed by atoms with Crippen LogP contribution >= 0.6 is 0 Å². The molecule has 3 amide bonds. The lowest BCUT2D eigenvalue weighted by Crippen LogP contribution is -2.55. The number of likely N-dealkylation sites (tertiary alicyclic amines) is 1. The molecule has 0 saturated carbocycles. The molecule has 10 nitrogen and oxygen atoms in total. The van der Waals surface area contributed by atoms with Crippen LogP contribution in [0.5, 0.6) is 0 Å². The Morgan fingerprint density at radius 3 is 2.74 bits per heavy atom. The van der Waals surface area contributed by atoms with Gasteiger partial charge in [0.25, 0.3) is 5.91 Å². The molecule has 0 spiro atoms. The van der Waals surface area contributed by atoms with Crippen molar-refractivity contribution in [3.8, 4) is 0 Å². The van der Waals surface area contributed by atoms with Gasteiger partial charge >= 0.3 is 12.1 Å². The largest absolute Gasteiger partial charge is 0.471 e. The summed E-state index contributed by atoms with van der Waals surface area (Å²) in [4.78, 5) is 42.4. The predicted octanol–water partition coefficient (Wildman–Crippen LogP) is 0.861. The van der Waals surface area contributed by atoms with Crippen LogP contribution in [0.1, 0.15) is 28.3 Å². The summed E-state index contributed by atoms with van der Waals surface area (Å²) in [6, 6.07) is 2.82. The average Bonchev–Trinajstić information content (AvgIpc) is 3.45. The SMILES string of the molecule is Cn1cc([C@@H]2CCN(C(=O)c3cccn4cncc34)C[C@H]2NC(=O)CNC(=O)C(F)(F)F)cn1. The number of rotatable bonds is 5. The maximum Gasteiger partial charge on any atom is 0.471 e. The van der Waals surface area contributed by atoms with Gasteiger partial charge in [0.2, 0.25) is 5.91 Å². The molecule has 3 aromatic heterocycles. The molecule has 13 heteroatoms. The van der Waals surface area contributed by atoms with E-state index < -0.39 is 30.6 Å². The number of nitrogens with zero attached hydrogens (tertiary/aromatic N) is 5. The van der Waals surface area contributed by atoms with Crippen molar-refractivity contribution in [2.24, 2.45) is 7.05 Å². The molecule has 0 bridgehead atoms. The van der Waals surface area contributed by atoms with E-state index in [-0.39, 0.29) is 18.4 Å². The molecule has 1 saturated heterocycles. The van der Waals surface area contributed by atoms with Gasteiger partial charge in [0.15, 0.2) is 0 Å². The maximum atomic E-state index is 13.3. The summed E-state index contributed by atoms with van der Waals surface area (Å²) in [5, 5.41) is 8.40. The number of alkyl halides is 3. The van der Waals surface area contributed by atoms with Crippen molar-refractivity contribution in [1.29, 1.82) is 0 Å². The number of pyridine rings is 1. The Hall–Kier alpha value is -3.90. The smallest absolute Gasteiger partial charge is 0.349 e. The Labute approximate surface area is 191 Å². The molecule has 0 radical (unpaired) electrons. The van der Waals surface area contributed by atoms with Crippen molar-refractivity contribution >= 4 is 23.2 Å². The minimum atomic E-state index is -5.08. The number of aromatic nitrogens is 4. The maximum absolute atomic E-state index is 13.3. The molecule has 0 aromatic carbocycles. The molecule has 3 aromatic rings. The first-order valence-electron chi connectivity index (χ1n) is 10.5. The Morgan fingerprint density at radius 1 is 1.24 bits per heavy atom. The molecule has 34 heavy (non-hydrogen) atoms. The highest BCUT2D eigenvalue weighted by Crippen LogP contribution is 2.29. The van der Waals surface area contributed by atoms with Gasteiger partial charge in [-0.2, -0.15) is 18.3 Å². The topological polar surface area (TPSA) is 114 Å². The van der Waals surface area contributed by atoms with Gasteiger partial charge in [-0.25, -0.2) is 4.98 Å². The van der Waals surface area contributed by atoms with Crippen molar-refractivity contribution < 1.29 is 27.6 Å². The average molecular weight is 477 g/mol. The fourth-order valence-corrected chi connectivity index (χ4v) is 4.13. The van der Waals surface area contributed by atoms with Crippen molar-refractivity contribution in [3.05, 3.63) is 54.4 Å². The van der Waals surface area contributed by atoms with Gasteiger partial charge < -0.3 is 19.9 Å². The van der Waals surface area contributed by atoms with Crippen LogP contribution in [-0.4, -0.2) is 73.6 Å². The first-order valence-corrected chi connectivity index (χ1v) is 10.5. The van der Waals surface area contributed by atoms with Crippen LogP contribution in [0.2, 0.25) is 0 Å². The van der Waals surface area contributed by atoms with E-state index in [2.05, 4.69) is 15.4 Å². The number of aryl methyl sites for hydroxylation is 1. The van der Waals surface area contributed by atoms with Gasteiger partial charge in [0.1, 0.15) is 0 Å². The third-order valence-electron chi connectivity index (χ3n) is 5.75. The minimum absolute atomic E-state index is 0.131. The fraction of sp³-hybridized carbons (Fsp3) is 0.381. The molecule has 4 heterocycles. The van der Waals surface area contributed by atoms with Gasteiger partial charge in [-0.1, -0.05) is 0 Å². The molecule has 2 atom stereocenters. The molecule has 180 valence electrons. The predicted molar refractivity (Wildman–Crippen MR) is 113 cm³/mol. The summed E-state index contributed by atoms with van der Waals surface area (Å²) in [5.41, 5.74) is 1.91. The van der Waals surface area contributed by atoms with E-state index in [1.165, 1.54) is 0 Å².